The van der Waals surface area contributed by atoms with E-state index >= 15 is 0 Å². The maximum absolute atomic E-state index is 12.1. The first kappa shape index (κ1) is 12.3. The highest BCUT2D eigenvalue weighted by Gasteiger charge is 2.22. The number of H-pyrrole nitrogens is 1. The molecule has 0 saturated heterocycles. The van der Waals surface area contributed by atoms with E-state index in [2.05, 4.69) is 10.2 Å². The van der Waals surface area contributed by atoms with Crippen LogP contribution in [-0.2, 0) is 16.6 Å². The van der Waals surface area contributed by atoms with E-state index in [4.69, 9.17) is 0 Å². The molecule has 0 aliphatic carbocycles. The Kier molecular flexibility index (Phi) is 3.32. The molecule has 0 unspecified atom stereocenters. The summed E-state index contributed by atoms with van der Waals surface area (Å²) in [6.07, 6.45) is 1.43. The minimum Gasteiger partial charge on any atom is -0.266 e. The fraction of sp³-hybridized carbons (Fsp3) is 0.300. The van der Waals surface area contributed by atoms with Gasteiger partial charge in [0, 0.05) is 18.5 Å². The molecule has 0 saturated carbocycles. The average molecular weight is 271 g/mol. The van der Waals surface area contributed by atoms with E-state index < -0.39 is 10.0 Å². The number of thiophene rings is 1. The Labute approximate surface area is 104 Å². The van der Waals surface area contributed by atoms with Crippen LogP contribution in [-0.4, -0.2) is 30.0 Å². The van der Waals surface area contributed by atoms with Crippen LogP contribution in [0.1, 0.15) is 10.4 Å². The Hall–Kier alpha value is -1.18. The number of nitrogens with one attached hydrogen (secondary N) is 1. The summed E-state index contributed by atoms with van der Waals surface area (Å²) in [6, 6.07) is 3.43. The third-order valence-corrected chi connectivity index (χ3v) is 5.24. The number of hydrogen-bond acceptors (Lipinski definition) is 4. The lowest BCUT2D eigenvalue weighted by Gasteiger charge is -2.15. The predicted molar refractivity (Wildman–Crippen MR) is 66.3 cm³/mol. The number of rotatable bonds is 4. The van der Waals surface area contributed by atoms with Crippen molar-refractivity contribution in [3.63, 3.8) is 0 Å². The zero-order valence-corrected chi connectivity index (χ0v) is 11.2. The number of sulfonamides is 1. The van der Waals surface area contributed by atoms with E-state index in [1.807, 2.05) is 18.4 Å². The number of aromatic nitrogens is 2. The SMILES string of the molecule is Cc1ccsc1CN(C)S(=O)(=O)c1ccn[nH]1. The van der Waals surface area contributed by atoms with Crippen molar-refractivity contribution in [2.45, 2.75) is 18.5 Å². The molecule has 0 aliphatic heterocycles. The van der Waals surface area contributed by atoms with Gasteiger partial charge in [0.1, 0.15) is 0 Å². The average Bonchev–Trinajstić information content (AvgIpc) is 2.90. The summed E-state index contributed by atoms with van der Waals surface area (Å²) >= 11 is 1.56. The fourth-order valence-electron chi connectivity index (χ4n) is 1.41. The third-order valence-electron chi connectivity index (χ3n) is 2.50. The number of hydrogen-bond donors (Lipinski definition) is 1. The van der Waals surface area contributed by atoms with Crippen molar-refractivity contribution in [3.8, 4) is 0 Å². The Morgan fingerprint density at radius 2 is 2.24 bits per heavy atom. The first-order chi connectivity index (χ1) is 8.01. The van der Waals surface area contributed by atoms with Gasteiger partial charge >= 0.3 is 0 Å². The molecule has 2 heterocycles. The number of nitrogens with zero attached hydrogens (tertiary/aromatic N) is 2. The van der Waals surface area contributed by atoms with Crippen LogP contribution in [0.3, 0.4) is 0 Å². The molecule has 2 aromatic rings. The zero-order valence-electron chi connectivity index (χ0n) is 9.54. The number of aromatic amines is 1. The van der Waals surface area contributed by atoms with Gasteiger partial charge in [0.05, 0.1) is 6.20 Å². The monoisotopic (exact) mass is 271 g/mol. The van der Waals surface area contributed by atoms with Crippen LogP contribution in [0.4, 0.5) is 0 Å². The topological polar surface area (TPSA) is 66.1 Å². The number of aryl methyl sites for hydroxylation is 1. The van der Waals surface area contributed by atoms with E-state index in [-0.39, 0.29) is 5.03 Å². The van der Waals surface area contributed by atoms with Crippen molar-refractivity contribution in [2.75, 3.05) is 7.05 Å². The summed E-state index contributed by atoms with van der Waals surface area (Å²) < 4.78 is 25.5. The Bertz CT molecular complexity index is 587. The van der Waals surface area contributed by atoms with Gasteiger partial charge in [-0.05, 0) is 30.0 Å². The lowest BCUT2D eigenvalue weighted by molar-refractivity contribution is 0.466. The Balaban J connectivity index is 2.22. The maximum Gasteiger partial charge on any atom is 0.260 e. The van der Waals surface area contributed by atoms with E-state index in [9.17, 15) is 8.42 Å². The van der Waals surface area contributed by atoms with E-state index in [0.717, 1.165) is 10.4 Å². The van der Waals surface area contributed by atoms with Crippen molar-refractivity contribution in [3.05, 3.63) is 34.2 Å². The molecule has 92 valence electrons. The molecule has 2 aromatic heterocycles. The lowest BCUT2D eigenvalue weighted by atomic mass is 10.3. The van der Waals surface area contributed by atoms with Gasteiger partial charge in [-0.15, -0.1) is 11.3 Å². The fourth-order valence-corrected chi connectivity index (χ4v) is 3.48. The molecule has 0 aliphatic rings. The highest BCUT2D eigenvalue weighted by molar-refractivity contribution is 7.89. The van der Waals surface area contributed by atoms with Crippen LogP contribution in [0.5, 0.6) is 0 Å². The summed E-state index contributed by atoms with van der Waals surface area (Å²) in [4.78, 5) is 1.05. The molecule has 1 N–H and O–H groups in total. The molecule has 2 rings (SSSR count). The molecule has 0 bridgehead atoms. The highest BCUT2D eigenvalue weighted by atomic mass is 32.2. The van der Waals surface area contributed by atoms with Gasteiger partial charge in [0.2, 0.25) is 0 Å². The quantitative estimate of drug-likeness (QED) is 0.918. The van der Waals surface area contributed by atoms with Crippen molar-refractivity contribution in [2.24, 2.45) is 0 Å². The molecule has 0 radical (unpaired) electrons. The molecule has 17 heavy (non-hydrogen) atoms. The third kappa shape index (κ3) is 2.41. The second-order valence-corrected chi connectivity index (χ2v) is 6.72. The summed E-state index contributed by atoms with van der Waals surface area (Å²) in [5, 5.41) is 8.21. The zero-order chi connectivity index (χ0) is 12.5. The van der Waals surface area contributed by atoms with Crippen molar-refractivity contribution >= 4 is 21.4 Å². The van der Waals surface area contributed by atoms with Gasteiger partial charge in [-0.3, -0.25) is 5.10 Å². The maximum atomic E-state index is 12.1. The van der Waals surface area contributed by atoms with Gasteiger partial charge in [-0.1, -0.05) is 0 Å². The van der Waals surface area contributed by atoms with E-state index in [1.165, 1.54) is 16.6 Å². The molecule has 0 amide bonds. The molecule has 5 nitrogen and oxygen atoms in total. The van der Waals surface area contributed by atoms with Crippen molar-refractivity contribution in [1.82, 2.24) is 14.5 Å². The van der Waals surface area contributed by atoms with Crippen LogP contribution in [0.2, 0.25) is 0 Å². The minimum absolute atomic E-state index is 0.120. The van der Waals surface area contributed by atoms with Crippen molar-refractivity contribution in [1.29, 1.82) is 0 Å². The van der Waals surface area contributed by atoms with Gasteiger partial charge in [0.25, 0.3) is 10.0 Å². The minimum atomic E-state index is -3.47. The molecule has 0 fully saturated rings. The van der Waals surface area contributed by atoms with Crippen LogP contribution in [0.25, 0.3) is 0 Å². The van der Waals surface area contributed by atoms with Gasteiger partial charge in [-0.25, -0.2) is 8.42 Å². The summed E-state index contributed by atoms with van der Waals surface area (Å²) in [6.45, 7) is 2.35. The Morgan fingerprint density at radius 3 is 2.76 bits per heavy atom. The van der Waals surface area contributed by atoms with Gasteiger partial charge in [0.15, 0.2) is 5.03 Å². The van der Waals surface area contributed by atoms with E-state index in [1.54, 1.807) is 18.4 Å². The standard InChI is InChI=1S/C10H13N3O2S2/c1-8-4-6-16-9(8)7-13(2)17(14,15)10-3-5-11-12-10/h3-6H,7H2,1-2H3,(H,11,12). The molecular weight excluding hydrogens is 258 g/mol. The van der Waals surface area contributed by atoms with Crippen LogP contribution >= 0.6 is 11.3 Å². The largest absolute Gasteiger partial charge is 0.266 e. The molecule has 0 atom stereocenters. The molecule has 0 aromatic carbocycles. The summed E-state index contributed by atoms with van der Waals surface area (Å²) in [5.74, 6) is 0. The molecule has 7 heteroatoms. The first-order valence-electron chi connectivity index (χ1n) is 5.00. The van der Waals surface area contributed by atoms with Crippen LogP contribution in [0.15, 0.2) is 28.7 Å². The van der Waals surface area contributed by atoms with E-state index in [0.29, 0.717) is 6.54 Å². The first-order valence-corrected chi connectivity index (χ1v) is 7.32. The normalized spacial score (nSPS) is 12.2. The van der Waals surface area contributed by atoms with Crippen LogP contribution < -0.4 is 0 Å². The molecule has 0 spiro atoms. The smallest absolute Gasteiger partial charge is 0.260 e. The highest BCUT2D eigenvalue weighted by Crippen LogP contribution is 2.20. The van der Waals surface area contributed by atoms with Gasteiger partial charge in [-0.2, -0.15) is 9.40 Å². The Morgan fingerprint density at radius 1 is 1.47 bits per heavy atom. The van der Waals surface area contributed by atoms with Crippen molar-refractivity contribution < 1.29 is 8.42 Å². The summed E-state index contributed by atoms with van der Waals surface area (Å²) in [7, 11) is -1.90. The lowest BCUT2D eigenvalue weighted by Crippen LogP contribution is -2.26. The van der Waals surface area contributed by atoms with Crippen LogP contribution in [0, 0.1) is 6.92 Å². The summed E-state index contributed by atoms with van der Waals surface area (Å²) in [5.41, 5.74) is 1.11. The van der Waals surface area contributed by atoms with Gasteiger partial charge < -0.3 is 0 Å². The molecular formula is C10H13N3O2S2. The predicted octanol–water partition coefficient (Wildman–Crippen LogP) is 1.60. The second kappa shape index (κ2) is 4.59. The second-order valence-electron chi connectivity index (χ2n) is 3.71.